The number of hydrogen-bond donors (Lipinski definition) is 0. The molecule has 0 saturated heterocycles. The molecule has 0 bridgehead atoms. The third kappa shape index (κ3) is 3.00. The average molecular weight is 359 g/mol. The zero-order valence-electron chi connectivity index (χ0n) is 13.4. The normalized spacial score (nSPS) is 14.3. The molecule has 4 rings (SSSR count). The lowest BCUT2D eigenvalue weighted by Gasteiger charge is -2.20. The molecular formula is C17H13NO8. The number of non-ortho nitro benzene ring substituents is 1. The van der Waals surface area contributed by atoms with Crippen molar-refractivity contribution in [2.45, 2.75) is 13.2 Å². The molecule has 0 aliphatic carbocycles. The van der Waals surface area contributed by atoms with Crippen LogP contribution in [-0.2, 0) is 22.7 Å². The molecule has 0 amide bonds. The molecule has 0 unspecified atom stereocenters. The molecule has 0 spiro atoms. The minimum absolute atomic E-state index is 0.0356. The van der Waals surface area contributed by atoms with Crippen LogP contribution < -0.4 is 14.2 Å². The average Bonchev–Trinajstić information content (AvgIpc) is 3.13. The van der Waals surface area contributed by atoms with Crippen molar-refractivity contribution in [3.05, 3.63) is 57.1 Å². The highest BCUT2D eigenvalue weighted by Crippen LogP contribution is 2.34. The van der Waals surface area contributed by atoms with E-state index >= 15 is 0 Å². The number of hydrogen-bond acceptors (Lipinski definition) is 8. The van der Waals surface area contributed by atoms with Gasteiger partial charge in [0.1, 0.15) is 12.4 Å². The van der Waals surface area contributed by atoms with Crippen LogP contribution in [0.2, 0.25) is 0 Å². The molecule has 0 radical (unpaired) electrons. The van der Waals surface area contributed by atoms with E-state index in [1.165, 1.54) is 18.2 Å². The number of esters is 1. The van der Waals surface area contributed by atoms with E-state index in [9.17, 15) is 14.9 Å². The van der Waals surface area contributed by atoms with Crippen molar-refractivity contribution in [1.29, 1.82) is 0 Å². The van der Waals surface area contributed by atoms with Crippen LogP contribution in [-0.4, -0.2) is 24.5 Å². The molecule has 2 aliphatic rings. The van der Waals surface area contributed by atoms with Crippen LogP contribution in [0.15, 0.2) is 30.3 Å². The summed E-state index contributed by atoms with van der Waals surface area (Å²) in [6.45, 7) is 0.165. The SMILES string of the molecule is O=C(OCc1cc([N+](=O)[O-])cc2c1OCOC2)c1ccc2c(c1)OCO2. The first-order valence-corrected chi connectivity index (χ1v) is 7.69. The van der Waals surface area contributed by atoms with Crippen LogP contribution in [0.25, 0.3) is 0 Å². The van der Waals surface area contributed by atoms with E-state index in [1.54, 1.807) is 12.1 Å². The second-order valence-corrected chi connectivity index (χ2v) is 5.61. The standard InChI is InChI=1S/C17H13NO8/c19-17(10-1-2-14-15(5-10)25-9-24-14)23-7-12-4-13(18(20)21)3-11-6-22-8-26-16(11)12/h1-5H,6-9H2. The zero-order valence-corrected chi connectivity index (χ0v) is 13.4. The quantitative estimate of drug-likeness (QED) is 0.466. The van der Waals surface area contributed by atoms with Crippen LogP contribution in [0.5, 0.6) is 17.2 Å². The fourth-order valence-corrected chi connectivity index (χ4v) is 2.74. The third-order valence-corrected chi connectivity index (χ3v) is 3.95. The molecule has 134 valence electrons. The largest absolute Gasteiger partial charge is 0.467 e. The van der Waals surface area contributed by atoms with Gasteiger partial charge in [-0.25, -0.2) is 4.79 Å². The Morgan fingerprint density at radius 3 is 2.81 bits per heavy atom. The summed E-state index contributed by atoms with van der Waals surface area (Å²) in [6.07, 6.45) is 0. The van der Waals surface area contributed by atoms with E-state index in [0.717, 1.165) is 0 Å². The van der Waals surface area contributed by atoms with Gasteiger partial charge < -0.3 is 23.7 Å². The number of nitro groups is 1. The first-order chi connectivity index (χ1) is 12.6. The van der Waals surface area contributed by atoms with Crippen molar-refractivity contribution < 1.29 is 33.4 Å². The lowest BCUT2D eigenvalue weighted by molar-refractivity contribution is -0.385. The van der Waals surface area contributed by atoms with Crippen LogP contribution >= 0.6 is 0 Å². The van der Waals surface area contributed by atoms with E-state index in [2.05, 4.69) is 0 Å². The monoisotopic (exact) mass is 359 g/mol. The minimum atomic E-state index is -0.587. The lowest BCUT2D eigenvalue weighted by Crippen LogP contribution is -2.15. The van der Waals surface area contributed by atoms with E-state index in [0.29, 0.717) is 28.4 Å². The summed E-state index contributed by atoms with van der Waals surface area (Å²) in [7, 11) is 0. The fraction of sp³-hybridized carbons (Fsp3) is 0.235. The maximum absolute atomic E-state index is 12.3. The van der Waals surface area contributed by atoms with E-state index < -0.39 is 10.9 Å². The van der Waals surface area contributed by atoms with Gasteiger partial charge in [0.25, 0.3) is 5.69 Å². The highest BCUT2D eigenvalue weighted by molar-refractivity contribution is 5.90. The Hall–Kier alpha value is -3.33. The summed E-state index contributed by atoms with van der Waals surface area (Å²) in [5.74, 6) is 0.881. The molecule has 0 saturated carbocycles. The number of rotatable bonds is 4. The molecule has 2 aliphatic heterocycles. The fourth-order valence-electron chi connectivity index (χ4n) is 2.74. The Balaban J connectivity index is 1.54. The van der Waals surface area contributed by atoms with Gasteiger partial charge in [-0.1, -0.05) is 0 Å². The summed E-state index contributed by atoms with van der Waals surface area (Å²) in [4.78, 5) is 22.9. The van der Waals surface area contributed by atoms with Gasteiger partial charge in [0.2, 0.25) is 6.79 Å². The topological polar surface area (TPSA) is 106 Å². The molecule has 2 aromatic rings. The first-order valence-electron chi connectivity index (χ1n) is 7.69. The predicted octanol–water partition coefficient (Wildman–Crippen LogP) is 2.55. The molecule has 9 nitrogen and oxygen atoms in total. The minimum Gasteiger partial charge on any atom is -0.467 e. The van der Waals surface area contributed by atoms with Crippen LogP contribution in [0.1, 0.15) is 21.5 Å². The van der Waals surface area contributed by atoms with Gasteiger partial charge in [-0.3, -0.25) is 10.1 Å². The van der Waals surface area contributed by atoms with E-state index in [4.69, 9.17) is 23.7 Å². The smallest absolute Gasteiger partial charge is 0.338 e. The van der Waals surface area contributed by atoms with Crippen molar-refractivity contribution in [2.75, 3.05) is 13.6 Å². The Morgan fingerprint density at radius 2 is 1.96 bits per heavy atom. The highest BCUT2D eigenvalue weighted by atomic mass is 16.7. The van der Waals surface area contributed by atoms with Gasteiger partial charge in [-0.05, 0) is 18.2 Å². The van der Waals surface area contributed by atoms with Gasteiger partial charge >= 0.3 is 5.97 Å². The van der Waals surface area contributed by atoms with Crippen LogP contribution in [0, 0.1) is 10.1 Å². The summed E-state index contributed by atoms with van der Waals surface area (Å²) in [6, 6.07) is 7.42. The molecule has 26 heavy (non-hydrogen) atoms. The number of ether oxygens (including phenoxy) is 5. The van der Waals surface area contributed by atoms with Crippen LogP contribution in [0.4, 0.5) is 5.69 Å². The second-order valence-electron chi connectivity index (χ2n) is 5.61. The predicted molar refractivity (Wildman–Crippen MR) is 85.1 cm³/mol. The Morgan fingerprint density at radius 1 is 1.12 bits per heavy atom. The highest BCUT2D eigenvalue weighted by Gasteiger charge is 2.22. The number of carbonyl (C=O) groups excluding carboxylic acids is 1. The van der Waals surface area contributed by atoms with Crippen LogP contribution in [0.3, 0.4) is 0 Å². The summed E-state index contributed by atoms with van der Waals surface area (Å²) in [5.41, 5.74) is 1.12. The molecule has 9 heteroatoms. The molecule has 0 fully saturated rings. The summed E-state index contributed by atoms with van der Waals surface area (Å²) < 4.78 is 26.3. The van der Waals surface area contributed by atoms with Crippen molar-refractivity contribution in [3.8, 4) is 17.2 Å². The van der Waals surface area contributed by atoms with Gasteiger partial charge in [0.05, 0.1) is 17.1 Å². The molecular weight excluding hydrogens is 346 g/mol. The van der Waals surface area contributed by atoms with Crippen molar-refractivity contribution >= 4 is 11.7 Å². The third-order valence-electron chi connectivity index (χ3n) is 3.95. The van der Waals surface area contributed by atoms with Gasteiger partial charge in [-0.15, -0.1) is 0 Å². The zero-order chi connectivity index (χ0) is 18.1. The number of nitrogens with zero attached hydrogens (tertiary/aromatic N) is 1. The number of nitro benzene ring substituents is 1. The number of benzene rings is 2. The van der Waals surface area contributed by atoms with Gasteiger partial charge in [0.15, 0.2) is 18.3 Å². The number of fused-ring (bicyclic) bond motifs is 2. The maximum atomic E-state index is 12.3. The summed E-state index contributed by atoms with van der Waals surface area (Å²) >= 11 is 0. The molecule has 2 aromatic carbocycles. The van der Waals surface area contributed by atoms with Crippen molar-refractivity contribution in [1.82, 2.24) is 0 Å². The van der Waals surface area contributed by atoms with Crippen molar-refractivity contribution in [3.63, 3.8) is 0 Å². The van der Waals surface area contributed by atoms with Gasteiger partial charge in [0, 0.05) is 23.3 Å². The van der Waals surface area contributed by atoms with Gasteiger partial charge in [-0.2, -0.15) is 0 Å². The van der Waals surface area contributed by atoms with Crippen molar-refractivity contribution in [2.24, 2.45) is 0 Å². The first kappa shape index (κ1) is 16.2. The Labute approximate surface area is 147 Å². The number of carbonyl (C=O) groups is 1. The maximum Gasteiger partial charge on any atom is 0.338 e. The second kappa shape index (κ2) is 6.52. The van der Waals surface area contributed by atoms with E-state index in [-0.39, 0.29) is 38.1 Å². The molecule has 0 aromatic heterocycles. The molecule has 0 atom stereocenters. The van der Waals surface area contributed by atoms with E-state index in [1.807, 2.05) is 0 Å². The Bertz CT molecular complexity index is 895. The molecule has 0 N–H and O–H groups in total. The summed E-state index contributed by atoms with van der Waals surface area (Å²) in [5, 5.41) is 11.1. The Kier molecular flexibility index (Phi) is 4.05. The lowest BCUT2D eigenvalue weighted by atomic mass is 10.1. The molecule has 2 heterocycles.